The van der Waals surface area contributed by atoms with Gasteiger partial charge in [-0.2, -0.15) is 0 Å². The normalized spacial score (nSPS) is 14.9. The van der Waals surface area contributed by atoms with Crippen LogP contribution in [-0.2, 0) is 9.59 Å². The molecule has 10 heteroatoms. The molecule has 0 spiro atoms. The Bertz CT molecular complexity index is 1260. The number of amides is 3. The van der Waals surface area contributed by atoms with Gasteiger partial charge in [-0.25, -0.2) is 9.97 Å². The van der Waals surface area contributed by atoms with Crippen LogP contribution in [0, 0.1) is 5.92 Å². The van der Waals surface area contributed by atoms with Crippen LogP contribution in [0.1, 0.15) is 30.1 Å². The number of rotatable bonds is 9. The van der Waals surface area contributed by atoms with E-state index < -0.39 is 0 Å². The highest BCUT2D eigenvalue weighted by Crippen LogP contribution is 2.26. The lowest BCUT2D eigenvalue weighted by Gasteiger charge is -2.33. The van der Waals surface area contributed by atoms with Gasteiger partial charge in [0.15, 0.2) is 0 Å². The van der Waals surface area contributed by atoms with Gasteiger partial charge in [-0.1, -0.05) is 0 Å². The molecule has 198 valence electrons. The van der Waals surface area contributed by atoms with Gasteiger partial charge in [0.25, 0.3) is 5.91 Å². The molecule has 1 saturated heterocycles. The van der Waals surface area contributed by atoms with E-state index in [1.807, 2.05) is 30.3 Å². The Morgan fingerprint density at radius 1 is 1.00 bits per heavy atom. The van der Waals surface area contributed by atoms with Crippen molar-refractivity contribution < 1.29 is 19.1 Å². The van der Waals surface area contributed by atoms with E-state index in [-0.39, 0.29) is 23.6 Å². The maximum absolute atomic E-state index is 12.8. The third-order valence-corrected chi connectivity index (χ3v) is 6.33. The van der Waals surface area contributed by atoms with Gasteiger partial charge in [-0.15, -0.1) is 0 Å². The average Bonchev–Trinajstić information content (AvgIpc) is 2.95. The SMILES string of the molecule is COc1ccc(-c2cc(N3CCCC(C(=O)NCCNC(=O)c4ccc(NC(C)=O)cc4)C3)ncn2)cc1. The molecule has 3 amide bonds. The van der Waals surface area contributed by atoms with E-state index in [2.05, 4.69) is 30.8 Å². The minimum absolute atomic E-state index is 0.0342. The van der Waals surface area contributed by atoms with Crippen LogP contribution in [0.3, 0.4) is 0 Å². The summed E-state index contributed by atoms with van der Waals surface area (Å²) >= 11 is 0. The minimum Gasteiger partial charge on any atom is -0.497 e. The van der Waals surface area contributed by atoms with Gasteiger partial charge in [0.1, 0.15) is 17.9 Å². The van der Waals surface area contributed by atoms with Gasteiger partial charge >= 0.3 is 0 Å². The van der Waals surface area contributed by atoms with Crippen LogP contribution in [0.4, 0.5) is 11.5 Å². The summed E-state index contributed by atoms with van der Waals surface area (Å²) in [5.41, 5.74) is 2.88. The number of anilines is 2. The fourth-order valence-electron chi connectivity index (χ4n) is 4.36. The predicted octanol–water partition coefficient (Wildman–Crippen LogP) is 2.87. The Hall–Kier alpha value is -4.47. The lowest BCUT2D eigenvalue weighted by Crippen LogP contribution is -2.45. The van der Waals surface area contributed by atoms with E-state index >= 15 is 0 Å². The molecule has 1 unspecified atom stereocenters. The molecule has 3 N–H and O–H groups in total. The minimum atomic E-state index is -0.242. The number of methoxy groups -OCH3 is 1. The molecule has 3 aromatic rings. The molecule has 1 fully saturated rings. The lowest BCUT2D eigenvalue weighted by atomic mass is 9.97. The molecule has 2 aromatic carbocycles. The third kappa shape index (κ3) is 7.06. The van der Waals surface area contributed by atoms with E-state index in [0.717, 1.165) is 42.2 Å². The molecule has 38 heavy (non-hydrogen) atoms. The smallest absolute Gasteiger partial charge is 0.251 e. The van der Waals surface area contributed by atoms with Crippen molar-refractivity contribution in [1.29, 1.82) is 0 Å². The van der Waals surface area contributed by atoms with Gasteiger partial charge in [0.05, 0.1) is 18.7 Å². The van der Waals surface area contributed by atoms with Crippen molar-refractivity contribution in [3.63, 3.8) is 0 Å². The molecule has 10 nitrogen and oxygen atoms in total. The average molecular weight is 517 g/mol. The standard InChI is InChI=1S/C28H32N6O4/c1-19(35)33-23-9-5-21(6-10-23)27(36)29-13-14-30-28(37)22-4-3-15-34(17-22)26-16-25(31-18-32-26)20-7-11-24(38-2)12-8-20/h5-12,16,18,22H,3-4,13-15,17H2,1-2H3,(H,29,36)(H,30,37)(H,33,35). The molecule has 1 aromatic heterocycles. The number of hydrogen-bond donors (Lipinski definition) is 3. The number of piperidine rings is 1. The summed E-state index contributed by atoms with van der Waals surface area (Å²) in [4.78, 5) is 47.3. The number of aromatic nitrogens is 2. The molecule has 1 atom stereocenters. The first-order chi connectivity index (χ1) is 18.4. The highest BCUT2D eigenvalue weighted by atomic mass is 16.5. The second kappa shape index (κ2) is 12.7. The summed E-state index contributed by atoms with van der Waals surface area (Å²) in [5.74, 6) is 0.960. The highest BCUT2D eigenvalue weighted by molar-refractivity contribution is 5.95. The Kier molecular flexibility index (Phi) is 8.86. The van der Waals surface area contributed by atoms with Crippen LogP contribution >= 0.6 is 0 Å². The van der Waals surface area contributed by atoms with Crippen LogP contribution in [0.15, 0.2) is 60.9 Å². The number of nitrogens with zero attached hydrogens (tertiary/aromatic N) is 3. The third-order valence-electron chi connectivity index (χ3n) is 6.33. The van der Waals surface area contributed by atoms with Crippen molar-refractivity contribution in [2.45, 2.75) is 19.8 Å². The molecular weight excluding hydrogens is 484 g/mol. The van der Waals surface area contributed by atoms with Gasteiger partial charge in [-0.3, -0.25) is 14.4 Å². The molecule has 0 aliphatic carbocycles. The monoisotopic (exact) mass is 516 g/mol. The van der Waals surface area contributed by atoms with E-state index in [9.17, 15) is 14.4 Å². The van der Waals surface area contributed by atoms with E-state index in [4.69, 9.17) is 4.74 Å². The fourth-order valence-corrected chi connectivity index (χ4v) is 4.36. The maximum Gasteiger partial charge on any atom is 0.251 e. The Balaban J connectivity index is 1.25. The largest absolute Gasteiger partial charge is 0.497 e. The van der Waals surface area contributed by atoms with Crippen molar-refractivity contribution in [1.82, 2.24) is 20.6 Å². The zero-order valence-electron chi connectivity index (χ0n) is 21.6. The number of carbonyl (C=O) groups is 3. The summed E-state index contributed by atoms with van der Waals surface area (Å²) in [5, 5.41) is 8.40. The Morgan fingerprint density at radius 2 is 1.74 bits per heavy atom. The Morgan fingerprint density at radius 3 is 2.45 bits per heavy atom. The highest BCUT2D eigenvalue weighted by Gasteiger charge is 2.26. The van der Waals surface area contributed by atoms with Crippen LogP contribution in [0.5, 0.6) is 5.75 Å². The molecule has 1 aliphatic rings. The number of benzene rings is 2. The molecule has 4 rings (SSSR count). The van der Waals surface area contributed by atoms with Gasteiger partial charge in [-0.05, 0) is 61.4 Å². The summed E-state index contributed by atoms with van der Waals surface area (Å²) in [6, 6.07) is 16.3. The second-order valence-corrected chi connectivity index (χ2v) is 9.08. The first-order valence-corrected chi connectivity index (χ1v) is 12.6. The first-order valence-electron chi connectivity index (χ1n) is 12.6. The predicted molar refractivity (Wildman–Crippen MR) is 145 cm³/mol. The number of ether oxygens (including phenoxy) is 1. The molecule has 0 bridgehead atoms. The molecule has 1 aliphatic heterocycles. The molecule has 0 saturated carbocycles. The summed E-state index contributed by atoms with van der Waals surface area (Å²) in [7, 11) is 1.63. The van der Waals surface area contributed by atoms with Gasteiger partial charge in [0, 0.05) is 56.0 Å². The second-order valence-electron chi connectivity index (χ2n) is 9.08. The quantitative estimate of drug-likeness (QED) is 0.374. The molecular formula is C28H32N6O4. The molecule has 0 radical (unpaired) electrons. The van der Waals surface area contributed by atoms with Crippen LogP contribution < -0.4 is 25.6 Å². The van der Waals surface area contributed by atoms with Crippen LogP contribution in [-0.4, -0.2) is 61.0 Å². The van der Waals surface area contributed by atoms with Crippen LogP contribution in [0.2, 0.25) is 0 Å². The molecule has 2 heterocycles. The number of hydrogen-bond acceptors (Lipinski definition) is 7. The summed E-state index contributed by atoms with van der Waals surface area (Å²) < 4.78 is 5.23. The van der Waals surface area contributed by atoms with E-state index in [1.54, 1.807) is 37.7 Å². The topological polar surface area (TPSA) is 126 Å². The zero-order chi connectivity index (χ0) is 26.9. The fraction of sp³-hybridized carbons (Fsp3) is 0.321. The van der Waals surface area contributed by atoms with Crippen molar-refractivity contribution >= 4 is 29.2 Å². The van der Waals surface area contributed by atoms with Crippen molar-refractivity contribution in [2.75, 3.05) is 43.5 Å². The first kappa shape index (κ1) is 26.6. The van der Waals surface area contributed by atoms with Crippen molar-refractivity contribution in [3.8, 4) is 17.0 Å². The maximum atomic E-state index is 12.8. The van der Waals surface area contributed by atoms with Crippen LogP contribution in [0.25, 0.3) is 11.3 Å². The van der Waals surface area contributed by atoms with Crippen molar-refractivity contribution in [3.05, 3.63) is 66.5 Å². The number of nitrogens with one attached hydrogen (secondary N) is 3. The van der Waals surface area contributed by atoms with Gasteiger partial charge < -0.3 is 25.6 Å². The van der Waals surface area contributed by atoms with Gasteiger partial charge in [0.2, 0.25) is 11.8 Å². The number of carbonyl (C=O) groups excluding carboxylic acids is 3. The Labute approximate surface area is 221 Å². The zero-order valence-corrected chi connectivity index (χ0v) is 21.6. The van der Waals surface area contributed by atoms with E-state index in [0.29, 0.717) is 30.9 Å². The lowest BCUT2D eigenvalue weighted by molar-refractivity contribution is -0.125. The van der Waals surface area contributed by atoms with E-state index in [1.165, 1.54) is 6.92 Å². The van der Waals surface area contributed by atoms with Crippen molar-refractivity contribution in [2.24, 2.45) is 5.92 Å². The summed E-state index contributed by atoms with van der Waals surface area (Å²) in [6.07, 6.45) is 3.23. The summed E-state index contributed by atoms with van der Waals surface area (Å²) in [6.45, 7) is 3.46.